The maximum absolute atomic E-state index is 14.5. The van der Waals surface area contributed by atoms with E-state index in [1.807, 2.05) is 12.1 Å². The second kappa shape index (κ2) is 6.01. The van der Waals surface area contributed by atoms with Gasteiger partial charge >= 0.3 is 0 Å². The van der Waals surface area contributed by atoms with E-state index in [1.54, 1.807) is 16.8 Å². The van der Waals surface area contributed by atoms with Crippen molar-refractivity contribution < 1.29 is 4.39 Å². The molecule has 0 saturated carbocycles. The van der Waals surface area contributed by atoms with Gasteiger partial charge in [0.15, 0.2) is 0 Å². The molecular weight excluding hydrogens is 339 g/mol. The second-order valence-electron chi connectivity index (χ2n) is 6.11. The van der Waals surface area contributed by atoms with Crippen molar-refractivity contribution in [3.05, 3.63) is 81.9 Å². The minimum atomic E-state index is -0.468. The minimum Gasteiger partial charge on any atom is -0.324 e. The molecule has 0 aliphatic carbocycles. The first kappa shape index (κ1) is 15.8. The first-order valence-electron chi connectivity index (χ1n) is 7.94. The second-order valence-corrected chi connectivity index (χ2v) is 6.52. The Morgan fingerprint density at radius 1 is 1.16 bits per heavy atom. The molecule has 1 aliphatic heterocycles. The molecule has 0 amide bonds. The van der Waals surface area contributed by atoms with Gasteiger partial charge in [0.1, 0.15) is 18.2 Å². The van der Waals surface area contributed by atoms with Crippen molar-refractivity contribution in [2.45, 2.75) is 19.9 Å². The van der Waals surface area contributed by atoms with Gasteiger partial charge in [-0.15, -0.1) is 0 Å². The lowest BCUT2D eigenvalue weighted by atomic mass is 9.99. The van der Waals surface area contributed by atoms with Crippen LogP contribution in [0.4, 0.5) is 10.3 Å². The summed E-state index contributed by atoms with van der Waals surface area (Å²) in [5.74, 6) is 0.191. The molecular formula is C19H16ClFN4. The highest BCUT2D eigenvalue weighted by atomic mass is 35.5. The number of nitrogens with one attached hydrogen (secondary N) is 1. The fraction of sp³-hybridized carbons (Fsp3) is 0.158. The zero-order valence-electron chi connectivity index (χ0n) is 13.8. The third kappa shape index (κ3) is 2.70. The summed E-state index contributed by atoms with van der Waals surface area (Å²) in [6, 6.07) is 10.4. The predicted molar refractivity (Wildman–Crippen MR) is 97.1 cm³/mol. The number of nitrogens with zero attached hydrogens (tertiary/aromatic N) is 3. The van der Waals surface area contributed by atoms with Crippen LogP contribution in [0.25, 0.3) is 5.70 Å². The van der Waals surface area contributed by atoms with E-state index in [-0.39, 0.29) is 5.82 Å². The normalized spacial score (nSPS) is 16.2. The van der Waals surface area contributed by atoms with Crippen molar-refractivity contribution in [2.24, 2.45) is 0 Å². The molecule has 6 heteroatoms. The predicted octanol–water partition coefficient (Wildman–Crippen LogP) is 4.74. The molecule has 0 unspecified atom stereocenters. The topological polar surface area (TPSA) is 42.7 Å². The number of hydrogen-bond acceptors (Lipinski definition) is 3. The number of benzene rings is 2. The van der Waals surface area contributed by atoms with E-state index in [9.17, 15) is 4.39 Å². The number of hydrogen-bond donors (Lipinski definition) is 1. The average molecular weight is 355 g/mol. The number of halogens is 2. The number of anilines is 1. The molecule has 0 fully saturated rings. The van der Waals surface area contributed by atoms with Crippen LogP contribution in [0.1, 0.15) is 28.3 Å². The van der Waals surface area contributed by atoms with E-state index in [0.29, 0.717) is 16.5 Å². The summed E-state index contributed by atoms with van der Waals surface area (Å²) in [6.07, 6.45) is 3.37. The molecule has 2 heterocycles. The molecule has 4 rings (SSSR count). The van der Waals surface area contributed by atoms with Crippen LogP contribution in [0.5, 0.6) is 0 Å². The minimum absolute atomic E-state index is 0.364. The van der Waals surface area contributed by atoms with Gasteiger partial charge in [-0.25, -0.2) is 9.07 Å². The van der Waals surface area contributed by atoms with Crippen LogP contribution in [0.3, 0.4) is 0 Å². The van der Waals surface area contributed by atoms with Gasteiger partial charge in [-0.2, -0.15) is 10.1 Å². The van der Waals surface area contributed by atoms with Crippen LogP contribution in [-0.4, -0.2) is 14.8 Å². The van der Waals surface area contributed by atoms with Crippen LogP contribution in [0.15, 0.2) is 48.8 Å². The fourth-order valence-corrected chi connectivity index (χ4v) is 3.28. The number of aryl methyl sites for hydroxylation is 2. The van der Waals surface area contributed by atoms with Crippen LogP contribution < -0.4 is 5.32 Å². The monoisotopic (exact) mass is 354 g/mol. The lowest BCUT2D eigenvalue weighted by Crippen LogP contribution is -2.21. The van der Waals surface area contributed by atoms with Crippen molar-refractivity contribution in [3.8, 4) is 0 Å². The Morgan fingerprint density at radius 3 is 2.76 bits per heavy atom. The maximum Gasteiger partial charge on any atom is 0.226 e. The molecule has 0 spiro atoms. The van der Waals surface area contributed by atoms with E-state index in [0.717, 1.165) is 11.3 Å². The van der Waals surface area contributed by atoms with E-state index in [4.69, 9.17) is 11.6 Å². The van der Waals surface area contributed by atoms with Gasteiger partial charge < -0.3 is 5.32 Å². The molecule has 4 nitrogen and oxygen atoms in total. The van der Waals surface area contributed by atoms with Crippen LogP contribution in [-0.2, 0) is 0 Å². The number of allylic oxidation sites excluding steroid dienone is 1. The quantitative estimate of drug-likeness (QED) is 0.722. The number of fused-ring (bicyclic) bond motifs is 1. The van der Waals surface area contributed by atoms with Gasteiger partial charge in [0.05, 0.1) is 0 Å². The van der Waals surface area contributed by atoms with Gasteiger partial charge in [-0.05, 0) is 54.8 Å². The molecule has 0 bridgehead atoms. The molecule has 1 aliphatic rings. The summed E-state index contributed by atoms with van der Waals surface area (Å²) >= 11 is 6.28. The molecule has 2 aromatic carbocycles. The SMILES string of the molecule is Cc1ccc(C2=C[C@H](c3c(F)cccc3Cl)n3ncnc3N2)cc1C. The molecule has 1 atom stereocenters. The van der Waals surface area contributed by atoms with Crippen molar-refractivity contribution in [3.63, 3.8) is 0 Å². The van der Waals surface area contributed by atoms with E-state index >= 15 is 0 Å². The number of aromatic nitrogens is 3. The van der Waals surface area contributed by atoms with Crippen LogP contribution in [0.2, 0.25) is 5.02 Å². The Hall–Kier alpha value is -2.66. The third-order valence-electron chi connectivity index (χ3n) is 4.52. The van der Waals surface area contributed by atoms with E-state index in [1.165, 1.54) is 23.5 Å². The molecule has 3 aromatic rings. The van der Waals surface area contributed by atoms with Crippen LogP contribution in [0, 0.1) is 19.7 Å². The Bertz CT molecular complexity index is 973. The molecule has 0 radical (unpaired) electrons. The first-order valence-corrected chi connectivity index (χ1v) is 8.32. The van der Waals surface area contributed by atoms with E-state index < -0.39 is 6.04 Å². The molecule has 1 N–H and O–H groups in total. The Balaban J connectivity index is 1.88. The smallest absolute Gasteiger partial charge is 0.226 e. The average Bonchev–Trinajstić information content (AvgIpc) is 3.05. The van der Waals surface area contributed by atoms with Crippen LogP contribution >= 0.6 is 11.6 Å². The highest BCUT2D eigenvalue weighted by Crippen LogP contribution is 2.36. The highest BCUT2D eigenvalue weighted by Gasteiger charge is 2.27. The third-order valence-corrected chi connectivity index (χ3v) is 4.85. The molecule has 1 aromatic heterocycles. The summed E-state index contributed by atoms with van der Waals surface area (Å²) in [7, 11) is 0. The van der Waals surface area contributed by atoms with Crippen molar-refractivity contribution in [1.82, 2.24) is 14.8 Å². The summed E-state index contributed by atoms with van der Waals surface area (Å²) in [4.78, 5) is 4.24. The molecule has 0 saturated heterocycles. The summed E-state index contributed by atoms with van der Waals surface area (Å²) in [6.45, 7) is 4.14. The Labute approximate surface area is 150 Å². The van der Waals surface area contributed by atoms with Crippen molar-refractivity contribution >= 4 is 23.2 Å². The summed E-state index contributed by atoms with van der Waals surface area (Å²) < 4.78 is 16.1. The Morgan fingerprint density at radius 2 is 2.00 bits per heavy atom. The van der Waals surface area contributed by atoms with Crippen molar-refractivity contribution in [2.75, 3.05) is 5.32 Å². The van der Waals surface area contributed by atoms with Gasteiger partial charge in [-0.3, -0.25) is 0 Å². The maximum atomic E-state index is 14.5. The number of rotatable bonds is 2. The van der Waals surface area contributed by atoms with Crippen molar-refractivity contribution in [1.29, 1.82) is 0 Å². The van der Waals surface area contributed by atoms with Gasteiger partial charge in [0.25, 0.3) is 0 Å². The fourth-order valence-electron chi connectivity index (χ4n) is 3.01. The van der Waals surface area contributed by atoms with E-state index in [2.05, 4.69) is 41.4 Å². The lowest BCUT2D eigenvalue weighted by molar-refractivity contribution is 0.551. The Kier molecular flexibility index (Phi) is 3.81. The summed E-state index contributed by atoms with van der Waals surface area (Å²) in [5.41, 5.74) is 4.66. The molecule has 126 valence electrons. The largest absolute Gasteiger partial charge is 0.324 e. The zero-order valence-corrected chi connectivity index (χ0v) is 14.5. The zero-order chi connectivity index (χ0) is 17.6. The van der Waals surface area contributed by atoms with Gasteiger partial charge in [-0.1, -0.05) is 29.8 Å². The highest BCUT2D eigenvalue weighted by molar-refractivity contribution is 6.31. The molecule has 25 heavy (non-hydrogen) atoms. The first-order chi connectivity index (χ1) is 12.0. The standard InChI is InChI=1S/C19H16ClFN4/c1-11-6-7-13(8-12(11)2)16-9-17(25-19(24-16)22-10-23-25)18-14(20)4-3-5-15(18)21/h3-10,17H,1-2H3,(H,22,23,24)/t17-/m1/s1. The summed E-state index contributed by atoms with van der Waals surface area (Å²) in [5, 5.41) is 7.86. The van der Waals surface area contributed by atoms with Gasteiger partial charge in [0.2, 0.25) is 5.95 Å². The van der Waals surface area contributed by atoms with Gasteiger partial charge in [0, 0.05) is 16.3 Å². The lowest BCUT2D eigenvalue weighted by Gasteiger charge is -2.25.